The third-order valence-electron chi connectivity index (χ3n) is 8.30. The second-order valence-electron chi connectivity index (χ2n) is 11.6. The Labute approximate surface area is 332 Å². The van der Waals surface area contributed by atoms with E-state index in [9.17, 15) is 19.2 Å². The van der Waals surface area contributed by atoms with Crippen LogP contribution in [0.5, 0.6) is 69.0 Å². The summed E-state index contributed by atoms with van der Waals surface area (Å²) < 4.78 is 64.6. The molecule has 0 heterocycles. The molecule has 0 saturated carbocycles. The zero-order valence-electron chi connectivity index (χ0n) is 32.6. The smallest absolute Gasteiger partial charge is 0.347 e. The highest BCUT2D eigenvalue weighted by atomic mass is 16.6. The lowest BCUT2D eigenvalue weighted by Gasteiger charge is -2.15. The summed E-state index contributed by atoms with van der Waals surface area (Å²) in [5, 5.41) is 0. The molecule has 5 aromatic rings. The van der Waals surface area contributed by atoms with Crippen molar-refractivity contribution in [1.29, 1.82) is 0 Å². The number of esters is 4. The molecule has 0 aliphatic carbocycles. The van der Waals surface area contributed by atoms with E-state index in [2.05, 4.69) is 0 Å². The Balaban J connectivity index is 1.22. The summed E-state index contributed by atoms with van der Waals surface area (Å²) in [6, 6.07) is 19.8. The molecule has 0 unspecified atom stereocenters. The molecule has 0 bridgehead atoms. The summed E-state index contributed by atoms with van der Waals surface area (Å²) in [6.07, 6.45) is 0. The first-order chi connectivity index (χ1) is 28.0. The molecule has 0 atom stereocenters. The molecular weight excluding hydrogens is 760 g/mol. The molecule has 302 valence electrons. The zero-order chi connectivity index (χ0) is 41.9. The standard InChI is InChI=1S/C42H38O16/c1-47-31-21-37(53-7)35(51-5)19-27(31)41(45)57-29-15-9-23(17-33(29)49-3)39(43)55-25-11-13-26(14-12-25)56-40(44)24-10-16-30(34(18-24)50-4)58-42(46)28-20-36(52-6)38(54-8)22-32(28)48-2/h9-22H,1-8H3. The van der Waals surface area contributed by atoms with Gasteiger partial charge in [0.1, 0.15) is 34.1 Å². The zero-order valence-corrected chi connectivity index (χ0v) is 32.6. The summed E-state index contributed by atoms with van der Waals surface area (Å²) in [5.41, 5.74) is 0.290. The van der Waals surface area contributed by atoms with Crippen LogP contribution in [0.4, 0.5) is 0 Å². The highest BCUT2D eigenvalue weighted by molar-refractivity contribution is 5.97. The third kappa shape index (κ3) is 9.25. The maximum Gasteiger partial charge on any atom is 0.347 e. The van der Waals surface area contributed by atoms with E-state index in [-0.39, 0.29) is 79.7 Å². The fraction of sp³-hybridized carbons (Fsp3) is 0.190. The van der Waals surface area contributed by atoms with E-state index in [1.807, 2.05) is 0 Å². The maximum absolute atomic E-state index is 13.1. The molecule has 16 heteroatoms. The van der Waals surface area contributed by atoms with E-state index in [0.717, 1.165) is 0 Å². The van der Waals surface area contributed by atoms with Gasteiger partial charge in [-0.1, -0.05) is 0 Å². The second kappa shape index (κ2) is 18.8. The van der Waals surface area contributed by atoms with Gasteiger partial charge in [0.05, 0.1) is 68.0 Å². The maximum atomic E-state index is 13.1. The first-order valence-electron chi connectivity index (χ1n) is 17.0. The minimum Gasteiger partial charge on any atom is -0.496 e. The van der Waals surface area contributed by atoms with E-state index in [1.165, 1.54) is 142 Å². The molecule has 0 N–H and O–H groups in total. The molecule has 0 amide bonds. The predicted octanol–water partition coefficient (Wildman–Crippen LogP) is 6.63. The lowest BCUT2D eigenvalue weighted by Crippen LogP contribution is -2.13. The highest BCUT2D eigenvalue weighted by Gasteiger charge is 2.24. The van der Waals surface area contributed by atoms with Crippen LogP contribution in [0.25, 0.3) is 0 Å². The normalized spacial score (nSPS) is 10.3. The molecule has 16 nitrogen and oxygen atoms in total. The molecule has 0 aliphatic heterocycles. The number of ether oxygens (including phenoxy) is 12. The van der Waals surface area contributed by atoms with Crippen molar-refractivity contribution in [3.05, 3.63) is 107 Å². The summed E-state index contributed by atoms with van der Waals surface area (Å²) in [4.78, 5) is 52.4. The minimum absolute atomic E-state index is 0.0237. The Morgan fingerprint density at radius 3 is 0.897 bits per heavy atom. The number of hydrogen-bond donors (Lipinski definition) is 0. The Morgan fingerprint density at radius 1 is 0.293 bits per heavy atom. The third-order valence-corrected chi connectivity index (χ3v) is 8.30. The number of carbonyl (C=O) groups is 4. The molecule has 5 rings (SSSR count). The number of methoxy groups -OCH3 is 8. The molecule has 58 heavy (non-hydrogen) atoms. The number of carbonyl (C=O) groups excluding carboxylic acids is 4. The van der Waals surface area contributed by atoms with Crippen molar-refractivity contribution in [3.63, 3.8) is 0 Å². The molecule has 0 aromatic heterocycles. The lowest BCUT2D eigenvalue weighted by atomic mass is 10.1. The van der Waals surface area contributed by atoms with E-state index in [0.29, 0.717) is 11.5 Å². The van der Waals surface area contributed by atoms with Gasteiger partial charge in [-0.3, -0.25) is 0 Å². The highest BCUT2D eigenvalue weighted by Crippen LogP contribution is 2.38. The van der Waals surface area contributed by atoms with Crippen molar-refractivity contribution in [1.82, 2.24) is 0 Å². The Bertz CT molecular complexity index is 2150. The van der Waals surface area contributed by atoms with Crippen LogP contribution in [-0.4, -0.2) is 80.8 Å². The molecule has 0 radical (unpaired) electrons. The van der Waals surface area contributed by atoms with Gasteiger partial charge in [-0.15, -0.1) is 0 Å². The molecule has 0 aliphatic rings. The van der Waals surface area contributed by atoms with E-state index in [1.54, 1.807) is 0 Å². The predicted molar refractivity (Wildman–Crippen MR) is 204 cm³/mol. The van der Waals surface area contributed by atoms with E-state index < -0.39 is 23.9 Å². The van der Waals surface area contributed by atoms with Crippen LogP contribution in [-0.2, 0) is 0 Å². The first-order valence-corrected chi connectivity index (χ1v) is 17.0. The molecule has 0 fully saturated rings. The quantitative estimate of drug-likeness (QED) is 0.0766. The first kappa shape index (κ1) is 41.5. The van der Waals surface area contributed by atoms with Crippen molar-refractivity contribution < 1.29 is 76.0 Å². The summed E-state index contributed by atoms with van der Waals surface area (Å²) >= 11 is 0. The van der Waals surface area contributed by atoms with Crippen LogP contribution in [0.3, 0.4) is 0 Å². The molecule has 5 aromatic carbocycles. The van der Waals surface area contributed by atoms with Crippen molar-refractivity contribution in [2.75, 3.05) is 56.9 Å². The van der Waals surface area contributed by atoms with Gasteiger partial charge in [0.2, 0.25) is 0 Å². The van der Waals surface area contributed by atoms with Crippen molar-refractivity contribution in [2.45, 2.75) is 0 Å². The van der Waals surface area contributed by atoms with Gasteiger partial charge in [-0.25, -0.2) is 19.2 Å². The average molecular weight is 799 g/mol. The van der Waals surface area contributed by atoms with Gasteiger partial charge in [0.15, 0.2) is 46.0 Å². The number of hydrogen-bond acceptors (Lipinski definition) is 16. The van der Waals surface area contributed by atoms with Gasteiger partial charge in [-0.2, -0.15) is 0 Å². The van der Waals surface area contributed by atoms with E-state index >= 15 is 0 Å². The Hall–Kier alpha value is -7.62. The van der Waals surface area contributed by atoms with Crippen molar-refractivity contribution in [2.24, 2.45) is 0 Å². The van der Waals surface area contributed by atoms with Crippen LogP contribution in [0.1, 0.15) is 41.4 Å². The van der Waals surface area contributed by atoms with Gasteiger partial charge in [-0.05, 0) is 60.7 Å². The second-order valence-corrected chi connectivity index (χ2v) is 11.6. The van der Waals surface area contributed by atoms with Crippen LogP contribution >= 0.6 is 0 Å². The largest absolute Gasteiger partial charge is 0.496 e. The number of rotatable bonds is 16. The van der Waals surface area contributed by atoms with Crippen molar-refractivity contribution in [3.8, 4) is 69.0 Å². The summed E-state index contributed by atoms with van der Waals surface area (Å²) in [5.74, 6) is -0.932. The summed E-state index contributed by atoms with van der Waals surface area (Å²) in [7, 11) is 11.2. The molecular formula is C42H38O16. The van der Waals surface area contributed by atoms with E-state index in [4.69, 9.17) is 56.8 Å². The van der Waals surface area contributed by atoms with Crippen LogP contribution in [0.2, 0.25) is 0 Å². The Morgan fingerprint density at radius 2 is 0.586 bits per heavy atom. The van der Waals surface area contributed by atoms with Crippen LogP contribution in [0.15, 0.2) is 84.9 Å². The number of benzene rings is 5. The fourth-order valence-electron chi connectivity index (χ4n) is 5.35. The molecule has 0 saturated heterocycles. The SMILES string of the molecule is COc1cc(OC)c(C(=O)Oc2ccc(C(=O)Oc3ccc(OC(=O)c4ccc(OC(=O)c5cc(OC)c(OC)cc5OC)c(OC)c4)cc3)cc2OC)cc1OC. The minimum atomic E-state index is -0.780. The molecule has 0 spiro atoms. The lowest BCUT2D eigenvalue weighted by molar-refractivity contribution is 0.0711. The topological polar surface area (TPSA) is 179 Å². The van der Waals surface area contributed by atoms with Gasteiger partial charge in [0, 0.05) is 24.3 Å². The van der Waals surface area contributed by atoms with Crippen molar-refractivity contribution >= 4 is 23.9 Å². The van der Waals surface area contributed by atoms with Crippen LogP contribution in [0, 0.1) is 0 Å². The van der Waals surface area contributed by atoms with Gasteiger partial charge < -0.3 is 56.8 Å². The Kier molecular flexibility index (Phi) is 13.5. The average Bonchev–Trinajstić information content (AvgIpc) is 3.25. The summed E-state index contributed by atoms with van der Waals surface area (Å²) in [6.45, 7) is 0. The van der Waals surface area contributed by atoms with Gasteiger partial charge >= 0.3 is 23.9 Å². The monoisotopic (exact) mass is 798 g/mol. The fourth-order valence-corrected chi connectivity index (χ4v) is 5.35. The van der Waals surface area contributed by atoms with Gasteiger partial charge in [0.25, 0.3) is 0 Å². The van der Waals surface area contributed by atoms with Crippen LogP contribution < -0.4 is 56.8 Å².